The smallest absolute Gasteiger partial charge is 0.248 e. The average Bonchev–Trinajstić information content (AvgIpc) is 2.46. The van der Waals surface area contributed by atoms with E-state index < -0.39 is 5.91 Å². The summed E-state index contributed by atoms with van der Waals surface area (Å²) < 4.78 is 0. The van der Waals surface area contributed by atoms with E-state index in [-0.39, 0.29) is 0 Å². The number of nitrogen functional groups attached to an aromatic ring is 1. The Morgan fingerprint density at radius 2 is 1.90 bits per heavy atom. The van der Waals surface area contributed by atoms with Gasteiger partial charge in [-0.1, -0.05) is 12.1 Å². The molecular formula is C15H14N4O. The largest absolute Gasteiger partial charge is 0.397 e. The maximum Gasteiger partial charge on any atom is 0.248 e. The molecule has 0 radical (unpaired) electrons. The molecule has 0 bridgehead atoms. The molecule has 100 valence electrons. The maximum atomic E-state index is 11.0. The van der Waals surface area contributed by atoms with Gasteiger partial charge in [0.05, 0.1) is 23.0 Å². The van der Waals surface area contributed by atoms with Crippen molar-refractivity contribution in [3.05, 3.63) is 59.2 Å². The summed E-state index contributed by atoms with van der Waals surface area (Å²) >= 11 is 0. The Morgan fingerprint density at radius 1 is 1.20 bits per heavy atom. The molecule has 20 heavy (non-hydrogen) atoms. The van der Waals surface area contributed by atoms with Crippen LogP contribution in [0.5, 0.6) is 0 Å². The monoisotopic (exact) mass is 266 g/mol. The number of nitrogens with one attached hydrogen (secondary N) is 1. The lowest BCUT2D eigenvalue weighted by atomic mass is 10.1. The first-order valence-electron chi connectivity index (χ1n) is 6.02. The van der Waals surface area contributed by atoms with Gasteiger partial charge in [0.2, 0.25) is 5.91 Å². The van der Waals surface area contributed by atoms with Gasteiger partial charge in [-0.25, -0.2) is 0 Å². The predicted molar refractivity (Wildman–Crippen MR) is 77.9 cm³/mol. The molecule has 5 heteroatoms. The van der Waals surface area contributed by atoms with Gasteiger partial charge in [-0.15, -0.1) is 0 Å². The Labute approximate surface area is 116 Å². The van der Waals surface area contributed by atoms with Crippen LogP contribution in [0.1, 0.15) is 21.5 Å². The number of anilines is 2. The highest BCUT2D eigenvalue weighted by Crippen LogP contribution is 2.20. The van der Waals surface area contributed by atoms with Crippen LogP contribution < -0.4 is 16.8 Å². The van der Waals surface area contributed by atoms with Crippen LogP contribution in [0.4, 0.5) is 11.4 Å². The molecule has 0 aliphatic rings. The standard InChI is InChI=1S/C15H14N4O/c16-8-10-1-3-11(4-2-10)9-19-14-6-5-12(15(18)20)7-13(14)17/h1-7,19H,9,17H2,(H2,18,20). The highest BCUT2D eigenvalue weighted by atomic mass is 16.1. The quantitative estimate of drug-likeness (QED) is 0.734. The minimum absolute atomic E-state index is 0.381. The molecule has 2 aromatic carbocycles. The second kappa shape index (κ2) is 5.76. The van der Waals surface area contributed by atoms with Crippen molar-refractivity contribution in [2.24, 2.45) is 5.73 Å². The Morgan fingerprint density at radius 3 is 2.45 bits per heavy atom. The number of hydrogen-bond donors (Lipinski definition) is 3. The first-order valence-corrected chi connectivity index (χ1v) is 6.02. The van der Waals surface area contributed by atoms with Gasteiger partial charge in [0.25, 0.3) is 0 Å². The van der Waals surface area contributed by atoms with Crippen molar-refractivity contribution < 1.29 is 4.79 Å². The van der Waals surface area contributed by atoms with Crippen LogP contribution in [-0.2, 0) is 6.54 Å². The van der Waals surface area contributed by atoms with E-state index in [4.69, 9.17) is 16.7 Å². The van der Waals surface area contributed by atoms with E-state index in [2.05, 4.69) is 11.4 Å². The van der Waals surface area contributed by atoms with Gasteiger partial charge in [-0.3, -0.25) is 4.79 Å². The molecule has 0 aromatic heterocycles. The fourth-order valence-electron chi connectivity index (χ4n) is 1.77. The molecule has 0 atom stereocenters. The van der Waals surface area contributed by atoms with Crippen molar-refractivity contribution in [1.29, 1.82) is 5.26 Å². The summed E-state index contributed by atoms with van der Waals surface area (Å²) in [6.07, 6.45) is 0. The van der Waals surface area contributed by atoms with E-state index in [9.17, 15) is 4.79 Å². The van der Waals surface area contributed by atoms with Gasteiger partial charge in [0.1, 0.15) is 0 Å². The van der Waals surface area contributed by atoms with Gasteiger partial charge in [0.15, 0.2) is 0 Å². The molecule has 0 aliphatic carbocycles. The SMILES string of the molecule is N#Cc1ccc(CNc2ccc(C(N)=O)cc2N)cc1. The van der Waals surface area contributed by atoms with Gasteiger partial charge >= 0.3 is 0 Å². The second-order valence-electron chi connectivity index (χ2n) is 4.33. The normalized spacial score (nSPS) is 9.75. The zero-order valence-corrected chi connectivity index (χ0v) is 10.8. The molecule has 0 aliphatic heterocycles. The van der Waals surface area contributed by atoms with E-state index in [1.54, 1.807) is 30.3 Å². The third kappa shape index (κ3) is 3.06. The number of nitrogens with zero attached hydrogens (tertiary/aromatic N) is 1. The Kier molecular flexibility index (Phi) is 3.87. The third-order valence-corrected chi connectivity index (χ3v) is 2.90. The zero-order chi connectivity index (χ0) is 14.5. The van der Waals surface area contributed by atoms with Crippen molar-refractivity contribution in [3.8, 4) is 6.07 Å². The Balaban J connectivity index is 2.07. The van der Waals surface area contributed by atoms with E-state index in [0.29, 0.717) is 23.4 Å². The fraction of sp³-hybridized carbons (Fsp3) is 0.0667. The topological polar surface area (TPSA) is 105 Å². The minimum atomic E-state index is -0.504. The van der Waals surface area contributed by atoms with Crippen LogP contribution in [0.2, 0.25) is 0 Å². The average molecular weight is 266 g/mol. The molecule has 0 spiro atoms. The molecule has 2 aromatic rings. The number of benzene rings is 2. The number of carbonyl (C=O) groups excluding carboxylic acids is 1. The molecule has 0 unspecified atom stereocenters. The highest BCUT2D eigenvalue weighted by molar-refractivity contribution is 5.94. The third-order valence-electron chi connectivity index (χ3n) is 2.90. The van der Waals surface area contributed by atoms with E-state index in [1.807, 2.05) is 12.1 Å². The summed E-state index contributed by atoms with van der Waals surface area (Å²) in [4.78, 5) is 11.0. The molecule has 2 rings (SSSR count). The van der Waals surface area contributed by atoms with Crippen molar-refractivity contribution in [2.45, 2.75) is 6.54 Å². The van der Waals surface area contributed by atoms with Crippen molar-refractivity contribution in [1.82, 2.24) is 0 Å². The maximum absolute atomic E-state index is 11.0. The molecule has 0 saturated heterocycles. The molecule has 5 N–H and O–H groups in total. The Bertz CT molecular complexity index is 671. The molecular weight excluding hydrogens is 252 g/mol. The lowest BCUT2D eigenvalue weighted by Gasteiger charge is -2.10. The van der Waals surface area contributed by atoms with Crippen molar-refractivity contribution >= 4 is 17.3 Å². The summed E-state index contributed by atoms with van der Waals surface area (Å²) in [5.41, 5.74) is 14.3. The van der Waals surface area contributed by atoms with Crippen LogP contribution in [0.3, 0.4) is 0 Å². The number of nitriles is 1. The predicted octanol–water partition coefficient (Wildman–Crippen LogP) is 1.85. The van der Waals surface area contributed by atoms with E-state index in [1.165, 1.54) is 0 Å². The summed E-state index contributed by atoms with van der Waals surface area (Å²) in [6, 6.07) is 14.2. The highest BCUT2D eigenvalue weighted by Gasteiger charge is 2.04. The molecule has 0 fully saturated rings. The number of carbonyl (C=O) groups is 1. The van der Waals surface area contributed by atoms with Gasteiger partial charge < -0.3 is 16.8 Å². The zero-order valence-electron chi connectivity index (χ0n) is 10.8. The first-order chi connectivity index (χ1) is 9.60. The molecule has 1 amide bonds. The van der Waals surface area contributed by atoms with E-state index in [0.717, 1.165) is 11.3 Å². The molecule has 5 nitrogen and oxygen atoms in total. The Hall–Kier alpha value is -3.00. The van der Waals surface area contributed by atoms with Crippen LogP contribution >= 0.6 is 0 Å². The van der Waals surface area contributed by atoms with Crippen LogP contribution in [0.15, 0.2) is 42.5 Å². The van der Waals surface area contributed by atoms with Gasteiger partial charge in [-0.2, -0.15) is 5.26 Å². The number of amides is 1. The van der Waals surface area contributed by atoms with Crippen molar-refractivity contribution in [2.75, 3.05) is 11.1 Å². The minimum Gasteiger partial charge on any atom is -0.397 e. The number of primary amides is 1. The van der Waals surface area contributed by atoms with Gasteiger partial charge in [-0.05, 0) is 35.9 Å². The lowest BCUT2D eigenvalue weighted by Crippen LogP contribution is -2.12. The van der Waals surface area contributed by atoms with Gasteiger partial charge in [0, 0.05) is 12.1 Å². The van der Waals surface area contributed by atoms with Crippen molar-refractivity contribution in [3.63, 3.8) is 0 Å². The second-order valence-corrected chi connectivity index (χ2v) is 4.33. The fourth-order valence-corrected chi connectivity index (χ4v) is 1.77. The summed E-state index contributed by atoms with van der Waals surface area (Å²) in [6.45, 7) is 0.575. The summed E-state index contributed by atoms with van der Waals surface area (Å²) in [7, 11) is 0. The number of rotatable bonds is 4. The van der Waals surface area contributed by atoms with E-state index >= 15 is 0 Å². The van der Waals surface area contributed by atoms with Crippen LogP contribution in [0.25, 0.3) is 0 Å². The number of hydrogen-bond acceptors (Lipinski definition) is 4. The first kappa shape index (κ1) is 13.4. The van der Waals surface area contributed by atoms with Crippen LogP contribution in [-0.4, -0.2) is 5.91 Å². The summed E-state index contributed by atoms with van der Waals surface area (Å²) in [5.74, 6) is -0.504. The lowest BCUT2D eigenvalue weighted by molar-refractivity contribution is 0.100. The number of nitrogens with two attached hydrogens (primary N) is 2. The van der Waals surface area contributed by atoms with Crippen LogP contribution in [0, 0.1) is 11.3 Å². The summed E-state index contributed by atoms with van der Waals surface area (Å²) in [5, 5.41) is 11.9. The molecule has 0 heterocycles. The molecule has 0 saturated carbocycles.